The summed E-state index contributed by atoms with van der Waals surface area (Å²) in [5, 5.41) is 17.0. The molecule has 5 heteroatoms. The van der Waals surface area contributed by atoms with E-state index >= 15 is 0 Å². The van der Waals surface area contributed by atoms with Gasteiger partial charge in [-0.2, -0.15) is 0 Å². The molecule has 0 radical (unpaired) electrons. The Morgan fingerprint density at radius 1 is 1.32 bits per heavy atom. The summed E-state index contributed by atoms with van der Waals surface area (Å²) < 4.78 is 17.8. The molecular weight excluding hydrogens is 247 g/mol. The van der Waals surface area contributed by atoms with Gasteiger partial charge in [-0.05, 0) is 31.5 Å². The number of rotatable bonds is 5. The number of nitrogens with zero attached hydrogens (tertiary/aromatic N) is 1. The maximum Gasteiger partial charge on any atom is 0.138 e. The van der Waals surface area contributed by atoms with Crippen LogP contribution in [0.1, 0.15) is 28.7 Å². The molecule has 0 amide bonds. The number of aryl methyl sites for hydroxylation is 2. The van der Waals surface area contributed by atoms with Crippen LogP contribution in [0.25, 0.3) is 0 Å². The van der Waals surface area contributed by atoms with E-state index in [1.807, 2.05) is 13.8 Å². The Bertz CT molecular complexity index is 517. The summed E-state index contributed by atoms with van der Waals surface area (Å²) in [4.78, 5) is 0. The van der Waals surface area contributed by atoms with Gasteiger partial charge in [0.15, 0.2) is 0 Å². The van der Waals surface area contributed by atoms with Gasteiger partial charge in [-0.3, -0.25) is 0 Å². The minimum atomic E-state index is -0.666. The van der Waals surface area contributed by atoms with Gasteiger partial charge >= 0.3 is 0 Å². The van der Waals surface area contributed by atoms with Gasteiger partial charge in [0.05, 0.1) is 11.8 Å². The Morgan fingerprint density at radius 3 is 2.58 bits per heavy atom. The Kier molecular flexibility index (Phi) is 4.29. The minimum absolute atomic E-state index is 0.306. The second-order valence-corrected chi connectivity index (χ2v) is 4.50. The first-order valence-corrected chi connectivity index (χ1v) is 6.14. The summed E-state index contributed by atoms with van der Waals surface area (Å²) in [5.74, 6) is 0.473. The molecule has 0 aliphatic rings. The minimum Gasteiger partial charge on any atom is -0.387 e. The summed E-state index contributed by atoms with van der Waals surface area (Å²) in [6.45, 7) is 4.70. The lowest BCUT2D eigenvalue weighted by Gasteiger charge is -2.12. The van der Waals surface area contributed by atoms with Gasteiger partial charge in [0.1, 0.15) is 11.6 Å². The van der Waals surface area contributed by atoms with Crippen LogP contribution >= 0.6 is 0 Å². The number of aromatic nitrogens is 1. The van der Waals surface area contributed by atoms with Gasteiger partial charge < -0.3 is 14.9 Å². The van der Waals surface area contributed by atoms with E-state index < -0.39 is 6.10 Å². The molecule has 102 valence electrons. The molecule has 4 nitrogen and oxygen atoms in total. The first-order chi connectivity index (χ1) is 9.08. The highest BCUT2D eigenvalue weighted by molar-refractivity contribution is 5.21. The predicted octanol–water partition coefficient (Wildman–Crippen LogP) is 2.25. The standard InChI is InChI=1S/C14H17FN2O2/c1-9-13(10(2)19-17-9)7-16-8-14(18)11-3-5-12(15)6-4-11/h3-6,14,16,18H,7-8H2,1-2H3. The van der Waals surface area contributed by atoms with E-state index in [-0.39, 0.29) is 5.82 Å². The molecule has 1 atom stereocenters. The predicted molar refractivity (Wildman–Crippen MR) is 69.0 cm³/mol. The van der Waals surface area contributed by atoms with E-state index in [0.717, 1.165) is 17.0 Å². The number of nitrogens with one attached hydrogen (secondary N) is 1. The third-order valence-electron chi connectivity index (χ3n) is 3.08. The Morgan fingerprint density at radius 2 is 2.00 bits per heavy atom. The zero-order valence-corrected chi connectivity index (χ0v) is 11.0. The monoisotopic (exact) mass is 264 g/mol. The van der Waals surface area contributed by atoms with E-state index in [2.05, 4.69) is 10.5 Å². The van der Waals surface area contributed by atoms with Gasteiger partial charge in [0.2, 0.25) is 0 Å². The maximum atomic E-state index is 12.8. The van der Waals surface area contributed by atoms with Crippen LogP contribution in [0.4, 0.5) is 4.39 Å². The Balaban J connectivity index is 1.87. The molecule has 0 bridgehead atoms. The summed E-state index contributed by atoms with van der Waals surface area (Å²) in [6, 6.07) is 5.84. The van der Waals surface area contributed by atoms with Crippen molar-refractivity contribution in [2.75, 3.05) is 6.54 Å². The molecule has 0 aliphatic carbocycles. The summed E-state index contributed by atoms with van der Waals surface area (Å²) >= 11 is 0. The van der Waals surface area contributed by atoms with Crippen LogP contribution in [0.5, 0.6) is 0 Å². The molecule has 0 fully saturated rings. The van der Waals surface area contributed by atoms with Crippen LogP contribution in [0.2, 0.25) is 0 Å². The molecule has 0 saturated heterocycles. The Hall–Kier alpha value is -1.72. The first-order valence-electron chi connectivity index (χ1n) is 6.14. The summed E-state index contributed by atoms with van der Waals surface area (Å²) in [7, 11) is 0. The number of benzene rings is 1. The van der Waals surface area contributed by atoms with Gasteiger partial charge in [-0.1, -0.05) is 17.3 Å². The lowest BCUT2D eigenvalue weighted by molar-refractivity contribution is 0.174. The lowest BCUT2D eigenvalue weighted by Crippen LogP contribution is -2.21. The number of aliphatic hydroxyl groups is 1. The number of hydrogen-bond donors (Lipinski definition) is 2. The number of aliphatic hydroxyl groups excluding tert-OH is 1. The lowest BCUT2D eigenvalue weighted by atomic mass is 10.1. The topological polar surface area (TPSA) is 58.3 Å². The van der Waals surface area contributed by atoms with Gasteiger partial charge in [-0.15, -0.1) is 0 Å². The molecule has 0 spiro atoms. The van der Waals surface area contributed by atoms with E-state index in [9.17, 15) is 9.50 Å². The fraction of sp³-hybridized carbons (Fsp3) is 0.357. The fourth-order valence-corrected chi connectivity index (χ4v) is 1.89. The van der Waals surface area contributed by atoms with Crippen molar-refractivity contribution in [2.45, 2.75) is 26.5 Å². The van der Waals surface area contributed by atoms with Crippen molar-refractivity contribution >= 4 is 0 Å². The van der Waals surface area contributed by atoms with E-state index in [1.54, 1.807) is 12.1 Å². The van der Waals surface area contributed by atoms with Crippen molar-refractivity contribution in [1.82, 2.24) is 10.5 Å². The molecule has 2 aromatic rings. The van der Waals surface area contributed by atoms with Crippen LogP contribution in [-0.4, -0.2) is 16.8 Å². The summed E-state index contributed by atoms with van der Waals surface area (Å²) in [6.07, 6.45) is -0.666. The average Bonchev–Trinajstić information content (AvgIpc) is 2.71. The number of hydrogen-bond acceptors (Lipinski definition) is 4. The Labute approximate surface area is 111 Å². The molecule has 2 rings (SSSR count). The van der Waals surface area contributed by atoms with E-state index in [0.29, 0.717) is 18.7 Å². The second kappa shape index (κ2) is 5.95. The molecule has 1 aromatic carbocycles. The highest BCUT2D eigenvalue weighted by Crippen LogP contribution is 2.14. The van der Waals surface area contributed by atoms with Crippen LogP contribution < -0.4 is 5.32 Å². The van der Waals surface area contributed by atoms with Gasteiger partial charge in [0.25, 0.3) is 0 Å². The van der Waals surface area contributed by atoms with Gasteiger partial charge in [0, 0.05) is 18.7 Å². The molecule has 0 saturated carbocycles. The van der Waals surface area contributed by atoms with E-state index in [4.69, 9.17) is 4.52 Å². The largest absolute Gasteiger partial charge is 0.387 e. The normalized spacial score (nSPS) is 12.6. The zero-order valence-electron chi connectivity index (χ0n) is 11.0. The molecule has 2 N–H and O–H groups in total. The molecule has 1 heterocycles. The fourth-order valence-electron chi connectivity index (χ4n) is 1.89. The van der Waals surface area contributed by atoms with Crippen molar-refractivity contribution in [3.8, 4) is 0 Å². The highest BCUT2D eigenvalue weighted by Gasteiger charge is 2.10. The SMILES string of the molecule is Cc1noc(C)c1CNCC(O)c1ccc(F)cc1. The van der Waals surface area contributed by atoms with Crippen LogP contribution in [0.15, 0.2) is 28.8 Å². The molecule has 1 unspecified atom stereocenters. The van der Waals surface area contributed by atoms with Crippen molar-refractivity contribution in [3.63, 3.8) is 0 Å². The quantitative estimate of drug-likeness (QED) is 0.869. The van der Waals surface area contributed by atoms with Crippen LogP contribution in [0.3, 0.4) is 0 Å². The van der Waals surface area contributed by atoms with Crippen molar-refractivity contribution in [3.05, 3.63) is 52.7 Å². The first kappa shape index (κ1) is 13.7. The third kappa shape index (κ3) is 3.39. The molecular formula is C14H17FN2O2. The highest BCUT2D eigenvalue weighted by atomic mass is 19.1. The molecule has 0 aliphatic heterocycles. The van der Waals surface area contributed by atoms with Crippen molar-refractivity contribution < 1.29 is 14.0 Å². The zero-order chi connectivity index (χ0) is 13.8. The molecule has 1 aromatic heterocycles. The van der Waals surface area contributed by atoms with E-state index in [1.165, 1.54) is 12.1 Å². The number of halogens is 1. The van der Waals surface area contributed by atoms with Crippen molar-refractivity contribution in [1.29, 1.82) is 0 Å². The summed E-state index contributed by atoms with van der Waals surface area (Å²) in [5.41, 5.74) is 2.54. The maximum absolute atomic E-state index is 12.8. The van der Waals surface area contributed by atoms with Crippen molar-refractivity contribution in [2.24, 2.45) is 0 Å². The van der Waals surface area contributed by atoms with Crippen LogP contribution in [-0.2, 0) is 6.54 Å². The van der Waals surface area contributed by atoms with Crippen LogP contribution in [0, 0.1) is 19.7 Å². The molecule has 19 heavy (non-hydrogen) atoms. The smallest absolute Gasteiger partial charge is 0.138 e. The van der Waals surface area contributed by atoms with Gasteiger partial charge in [-0.25, -0.2) is 4.39 Å². The third-order valence-corrected chi connectivity index (χ3v) is 3.08. The average molecular weight is 264 g/mol. The second-order valence-electron chi connectivity index (χ2n) is 4.50.